The Kier molecular flexibility index (Phi) is 5.22. The average Bonchev–Trinajstić information content (AvgIpc) is 2.80. The van der Waals surface area contributed by atoms with Crippen LogP contribution in [0.4, 0.5) is 0 Å². The number of ether oxygens (including phenoxy) is 1. The van der Waals surface area contributed by atoms with E-state index in [1.807, 2.05) is 0 Å². The fourth-order valence-corrected chi connectivity index (χ4v) is 2.44. The van der Waals surface area contributed by atoms with Gasteiger partial charge in [-0.15, -0.1) is 6.58 Å². The highest BCUT2D eigenvalue weighted by molar-refractivity contribution is 5.72. The first-order valence-electron chi connectivity index (χ1n) is 6.05. The average molecular weight is 254 g/mol. The number of carbonyl (C=O) groups is 1. The number of hydrogen-bond donors (Lipinski definition) is 3. The highest BCUT2D eigenvalue weighted by Crippen LogP contribution is 2.35. The Morgan fingerprint density at radius 1 is 1.56 bits per heavy atom. The quantitative estimate of drug-likeness (QED) is 0.472. The molecule has 1 aliphatic carbocycles. The zero-order valence-electron chi connectivity index (χ0n) is 11.0. The van der Waals surface area contributed by atoms with Gasteiger partial charge in [0.2, 0.25) is 0 Å². The Labute approximate surface area is 108 Å². The van der Waals surface area contributed by atoms with Crippen LogP contribution in [0.2, 0.25) is 0 Å². The van der Waals surface area contributed by atoms with Crippen LogP contribution < -0.4 is 10.6 Å². The maximum atomic E-state index is 11.6. The molecule has 1 aliphatic rings. The van der Waals surface area contributed by atoms with Gasteiger partial charge in [0.05, 0.1) is 25.0 Å². The zero-order valence-corrected chi connectivity index (χ0v) is 11.0. The molecule has 0 aromatic rings. The lowest BCUT2D eigenvalue weighted by atomic mass is 9.96. The molecule has 0 aromatic heterocycles. The van der Waals surface area contributed by atoms with Gasteiger partial charge in [-0.05, 0) is 12.8 Å². The second-order valence-corrected chi connectivity index (χ2v) is 4.56. The first kappa shape index (κ1) is 14.6. The van der Waals surface area contributed by atoms with Gasteiger partial charge in [-0.3, -0.25) is 4.79 Å². The minimum Gasteiger partial charge on any atom is -0.469 e. The van der Waals surface area contributed by atoms with Crippen LogP contribution in [0.5, 0.6) is 0 Å². The number of aliphatic hydroxyl groups excluding tert-OH is 1. The van der Waals surface area contributed by atoms with E-state index >= 15 is 0 Å². The van der Waals surface area contributed by atoms with Crippen LogP contribution in [0, 0.1) is 11.8 Å². The van der Waals surface area contributed by atoms with Crippen molar-refractivity contribution in [3.8, 4) is 0 Å². The third-order valence-electron chi connectivity index (χ3n) is 3.49. The van der Waals surface area contributed by atoms with Gasteiger partial charge in [0, 0.05) is 19.0 Å². The monoisotopic (exact) mass is 254 g/mol. The molecule has 102 valence electrons. The van der Waals surface area contributed by atoms with E-state index in [9.17, 15) is 9.90 Å². The van der Waals surface area contributed by atoms with Gasteiger partial charge < -0.3 is 20.5 Å². The summed E-state index contributed by atoms with van der Waals surface area (Å²) in [4.78, 5) is 11.6. The van der Waals surface area contributed by atoms with Crippen molar-refractivity contribution in [3.05, 3.63) is 25.1 Å². The highest BCUT2D eigenvalue weighted by atomic mass is 16.5. The van der Waals surface area contributed by atoms with Gasteiger partial charge in [0.1, 0.15) is 0 Å². The van der Waals surface area contributed by atoms with Crippen LogP contribution >= 0.6 is 0 Å². The smallest absolute Gasteiger partial charge is 0.308 e. The lowest BCUT2D eigenvalue weighted by molar-refractivity contribution is -0.145. The third-order valence-corrected chi connectivity index (χ3v) is 3.49. The van der Waals surface area contributed by atoms with Crippen LogP contribution in [-0.2, 0) is 9.53 Å². The maximum absolute atomic E-state index is 11.6. The molecule has 0 saturated heterocycles. The van der Waals surface area contributed by atoms with Crippen LogP contribution in [0.1, 0.15) is 12.8 Å². The van der Waals surface area contributed by atoms with Gasteiger partial charge in [-0.2, -0.15) is 0 Å². The molecule has 0 spiro atoms. The third kappa shape index (κ3) is 3.26. The number of aliphatic hydroxyl groups is 1. The van der Waals surface area contributed by atoms with E-state index in [1.165, 1.54) is 13.2 Å². The second kappa shape index (κ2) is 6.44. The normalized spacial score (nSPS) is 28.3. The summed E-state index contributed by atoms with van der Waals surface area (Å²) >= 11 is 0. The van der Waals surface area contributed by atoms with Gasteiger partial charge >= 0.3 is 5.97 Å². The molecule has 0 bridgehead atoms. The fourth-order valence-electron chi connectivity index (χ4n) is 2.44. The van der Waals surface area contributed by atoms with E-state index in [1.54, 1.807) is 7.05 Å². The SMILES string of the molecule is C=CC(O)C1CC(C(=O)OC)CC1NC(=C)NC. The summed E-state index contributed by atoms with van der Waals surface area (Å²) < 4.78 is 4.76. The number of carbonyl (C=O) groups excluding carboxylic acids is 1. The molecule has 4 unspecified atom stereocenters. The van der Waals surface area contributed by atoms with Crippen LogP contribution in [-0.4, -0.2) is 37.4 Å². The molecule has 0 heterocycles. The molecule has 0 aromatic carbocycles. The molecular weight excluding hydrogens is 232 g/mol. The van der Waals surface area contributed by atoms with Crippen molar-refractivity contribution >= 4 is 5.97 Å². The Bertz CT molecular complexity index is 330. The molecule has 1 rings (SSSR count). The number of rotatable bonds is 6. The maximum Gasteiger partial charge on any atom is 0.308 e. The number of nitrogens with one attached hydrogen (secondary N) is 2. The van der Waals surface area contributed by atoms with Gasteiger partial charge in [0.25, 0.3) is 0 Å². The Hall–Kier alpha value is -1.49. The molecule has 4 atom stereocenters. The zero-order chi connectivity index (χ0) is 13.7. The fraction of sp³-hybridized carbons (Fsp3) is 0.615. The molecule has 1 fully saturated rings. The summed E-state index contributed by atoms with van der Waals surface area (Å²) in [5.74, 6) is 0.205. The van der Waals surface area contributed by atoms with Crippen molar-refractivity contribution in [2.75, 3.05) is 14.2 Å². The van der Waals surface area contributed by atoms with Crippen molar-refractivity contribution in [1.82, 2.24) is 10.6 Å². The van der Waals surface area contributed by atoms with Gasteiger partial charge in [-0.25, -0.2) is 0 Å². The Morgan fingerprint density at radius 3 is 2.72 bits per heavy atom. The van der Waals surface area contributed by atoms with E-state index in [0.29, 0.717) is 18.7 Å². The van der Waals surface area contributed by atoms with Crippen molar-refractivity contribution < 1.29 is 14.6 Å². The molecule has 5 heteroatoms. The van der Waals surface area contributed by atoms with E-state index in [2.05, 4.69) is 23.8 Å². The summed E-state index contributed by atoms with van der Waals surface area (Å²) in [5, 5.41) is 16.0. The van der Waals surface area contributed by atoms with Crippen LogP contribution in [0.3, 0.4) is 0 Å². The first-order chi connectivity index (χ1) is 8.53. The lowest BCUT2D eigenvalue weighted by Crippen LogP contribution is -2.39. The van der Waals surface area contributed by atoms with Crippen molar-refractivity contribution in [2.45, 2.75) is 25.0 Å². The molecule has 18 heavy (non-hydrogen) atoms. The summed E-state index contributed by atoms with van der Waals surface area (Å²) in [7, 11) is 3.15. The highest BCUT2D eigenvalue weighted by Gasteiger charge is 2.41. The lowest BCUT2D eigenvalue weighted by Gasteiger charge is -2.25. The van der Waals surface area contributed by atoms with Gasteiger partial charge in [0.15, 0.2) is 0 Å². The van der Waals surface area contributed by atoms with Crippen LogP contribution in [0.15, 0.2) is 25.1 Å². The molecule has 0 aliphatic heterocycles. The number of hydrogen-bond acceptors (Lipinski definition) is 5. The summed E-state index contributed by atoms with van der Waals surface area (Å²) in [6, 6.07) is -0.0120. The first-order valence-corrected chi connectivity index (χ1v) is 6.05. The minimum absolute atomic E-state index is 0.0120. The Morgan fingerprint density at radius 2 is 2.22 bits per heavy atom. The van der Waals surface area contributed by atoms with E-state index in [-0.39, 0.29) is 23.8 Å². The van der Waals surface area contributed by atoms with E-state index < -0.39 is 6.10 Å². The van der Waals surface area contributed by atoms with Crippen molar-refractivity contribution in [3.63, 3.8) is 0 Å². The van der Waals surface area contributed by atoms with E-state index in [0.717, 1.165) is 0 Å². The summed E-state index contributed by atoms with van der Waals surface area (Å²) in [5.41, 5.74) is 0. The molecular formula is C13H22N2O3. The molecule has 0 amide bonds. The van der Waals surface area contributed by atoms with Gasteiger partial charge in [-0.1, -0.05) is 12.7 Å². The number of methoxy groups -OCH3 is 1. The van der Waals surface area contributed by atoms with Crippen LogP contribution in [0.25, 0.3) is 0 Å². The molecule has 5 nitrogen and oxygen atoms in total. The summed E-state index contributed by atoms with van der Waals surface area (Å²) in [6.07, 6.45) is 2.08. The number of esters is 1. The standard InChI is InChI=1S/C13H22N2O3/c1-5-12(16)10-6-9(13(17)18-4)7-11(10)15-8(2)14-3/h5,9-12,14-16H,1-2,6-7H2,3-4H3. The summed E-state index contributed by atoms with van der Waals surface area (Å²) in [6.45, 7) is 7.40. The second-order valence-electron chi connectivity index (χ2n) is 4.56. The van der Waals surface area contributed by atoms with E-state index in [4.69, 9.17) is 4.74 Å². The predicted molar refractivity (Wildman–Crippen MR) is 69.6 cm³/mol. The molecule has 3 N–H and O–H groups in total. The van der Waals surface area contributed by atoms with Crippen molar-refractivity contribution in [2.24, 2.45) is 11.8 Å². The topological polar surface area (TPSA) is 70.6 Å². The Balaban J connectivity index is 2.74. The molecule has 1 saturated carbocycles. The van der Waals surface area contributed by atoms with Crippen molar-refractivity contribution in [1.29, 1.82) is 0 Å². The predicted octanol–water partition coefficient (Wildman–Crippen LogP) is 0.381. The largest absolute Gasteiger partial charge is 0.469 e. The molecule has 0 radical (unpaired) electrons. The minimum atomic E-state index is -0.637.